The van der Waals surface area contributed by atoms with Crippen LogP contribution >= 0.6 is 0 Å². The summed E-state index contributed by atoms with van der Waals surface area (Å²) in [7, 11) is 0. The SMILES string of the molecule is CC1C=C(c2ccccc2)CCC1=O. The third-order valence-electron chi connectivity index (χ3n) is 2.74. The number of rotatable bonds is 1. The van der Waals surface area contributed by atoms with Crippen molar-refractivity contribution in [3.05, 3.63) is 42.0 Å². The van der Waals surface area contributed by atoms with Gasteiger partial charge < -0.3 is 0 Å². The molecule has 0 saturated carbocycles. The molecule has 2 rings (SSSR count). The van der Waals surface area contributed by atoms with E-state index in [1.165, 1.54) is 11.1 Å². The molecule has 0 aliphatic heterocycles. The van der Waals surface area contributed by atoms with E-state index in [0.717, 1.165) is 6.42 Å². The van der Waals surface area contributed by atoms with Gasteiger partial charge in [0.05, 0.1) is 0 Å². The van der Waals surface area contributed by atoms with Crippen molar-refractivity contribution >= 4 is 11.4 Å². The molecule has 1 aliphatic carbocycles. The number of hydrogen-bond donors (Lipinski definition) is 0. The van der Waals surface area contributed by atoms with Crippen molar-refractivity contribution in [2.75, 3.05) is 0 Å². The Bertz CT molecular complexity index is 362. The summed E-state index contributed by atoms with van der Waals surface area (Å²) in [6.45, 7) is 1.98. The highest BCUT2D eigenvalue weighted by Crippen LogP contribution is 2.27. The molecule has 1 atom stereocenters. The Morgan fingerprint density at radius 3 is 2.50 bits per heavy atom. The summed E-state index contributed by atoms with van der Waals surface area (Å²) < 4.78 is 0. The smallest absolute Gasteiger partial charge is 0.139 e. The van der Waals surface area contributed by atoms with Crippen LogP contribution < -0.4 is 0 Å². The van der Waals surface area contributed by atoms with Gasteiger partial charge in [-0.25, -0.2) is 0 Å². The number of hydrogen-bond acceptors (Lipinski definition) is 1. The van der Waals surface area contributed by atoms with Crippen LogP contribution in [0.2, 0.25) is 0 Å². The predicted molar refractivity (Wildman–Crippen MR) is 57.8 cm³/mol. The molecule has 0 N–H and O–H groups in total. The zero-order valence-corrected chi connectivity index (χ0v) is 8.36. The van der Waals surface area contributed by atoms with E-state index >= 15 is 0 Å². The van der Waals surface area contributed by atoms with Crippen molar-refractivity contribution in [1.29, 1.82) is 0 Å². The third kappa shape index (κ3) is 1.77. The van der Waals surface area contributed by atoms with Gasteiger partial charge in [0.2, 0.25) is 0 Å². The van der Waals surface area contributed by atoms with Crippen molar-refractivity contribution in [3.63, 3.8) is 0 Å². The van der Waals surface area contributed by atoms with Gasteiger partial charge in [-0.3, -0.25) is 4.79 Å². The second-order valence-corrected chi connectivity index (χ2v) is 3.81. The van der Waals surface area contributed by atoms with Gasteiger partial charge in [0.1, 0.15) is 5.78 Å². The molecule has 1 aromatic rings. The second-order valence-electron chi connectivity index (χ2n) is 3.81. The summed E-state index contributed by atoms with van der Waals surface area (Å²) in [5.41, 5.74) is 2.57. The first kappa shape index (κ1) is 9.20. The quantitative estimate of drug-likeness (QED) is 0.658. The molecule has 0 spiro atoms. The van der Waals surface area contributed by atoms with E-state index in [1.54, 1.807) is 0 Å². The highest BCUT2D eigenvalue weighted by atomic mass is 16.1. The van der Waals surface area contributed by atoms with E-state index < -0.39 is 0 Å². The summed E-state index contributed by atoms with van der Waals surface area (Å²) in [4.78, 5) is 11.3. The topological polar surface area (TPSA) is 17.1 Å². The van der Waals surface area contributed by atoms with Crippen LogP contribution in [0.3, 0.4) is 0 Å². The minimum Gasteiger partial charge on any atom is -0.299 e. The van der Waals surface area contributed by atoms with E-state index in [4.69, 9.17) is 0 Å². The summed E-state index contributed by atoms with van der Waals surface area (Å²) >= 11 is 0. The second kappa shape index (κ2) is 3.79. The molecular formula is C13H14O. The lowest BCUT2D eigenvalue weighted by atomic mass is 9.87. The first-order valence-corrected chi connectivity index (χ1v) is 5.06. The highest BCUT2D eigenvalue weighted by Gasteiger charge is 2.17. The molecular weight excluding hydrogens is 172 g/mol. The van der Waals surface area contributed by atoms with Gasteiger partial charge in [-0.15, -0.1) is 0 Å². The Hall–Kier alpha value is -1.37. The van der Waals surface area contributed by atoms with Crippen molar-refractivity contribution < 1.29 is 4.79 Å². The van der Waals surface area contributed by atoms with Gasteiger partial charge in [-0.05, 0) is 17.6 Å². The fourth-order valence-electron chi connectivity index (χ4n) is 1.86. The molecule has 1 nitrogen and oxygen atoms in total. The van der Waals surface area contributed by atoms with E-state index in [2.05, 4.69) is 18.2 Å². The van der Waals surface area contributed by atoms with Crippen LogP contribution in [0.25, 0.3) is 5.57 Å². The Balaban J connectivity index is 2.29. The minimum atomic E-state index is 0.0963. The van der Waals surface area contributed by atoms with Crippen LogP contribution in [0.4, 0.5) is 0 Å². The highest BCUT2D eigenvalue weighted by molar-refractivity contribution is 5.88. The van der Waals surface area contributed by atoms with E-state index in [1.807, 2.05) is 25.1 Å². The van der Waals surface area contributed by atoms with Crippen molar-refractivity contribution in [2.24, 2.45) is 5.92 Å². The van der Waals surface area contributed by atoms with Gasteiger partial charge in [-0.1, -0.05) is 43.3 Å². The molecule has 1 aromatic carbocycles. The molecule has 0 amide bonds. The maximum Gasteiger partial charge on any atom is 0.139 e. The van der Waals surface area contributed by atoms with Crippen LogP contribution in [0.5, 0.6) is 0 Å². The first-order chi connectivity index (χ1) is 6.77. The molecule has 0 radical (unpaired) electrons. The van der Waals surface area contributed by atoms with E-state index in [0.29, 0.717) is 12.2 Å². The Kier molecular flexibility index (Phi) is 2.49. The number of Topliss-reactive ketones (excluding diaryl/α,β-unsaturated/α-hetero) is 1. The molecule has 0 heterocycles. The molecule has 1 aliphatic rings. The summed E-state index contributed by atoms with van der Waals surface area (Å²) in [6.07, 6.45) is 3.69. The largest absolute Gasteiger partial charge is 0.299 e. The average molecular weight is 186 g/mol. The number of allylic oxidation sites excluding steroid dienone is 2. The lowest BCUT2D eigenvalue weighted by Gasteiger charge is -2.16. The van der Waals surface area contributed by atoms with Gasteiger partial charge in [0.15, 0.2) is 0 Å². The van der Waals surface area contributed by atoms with E-state index in [9.17, 15) is 4.79 Å². The van der Waals surface area contributed by atoms with Gasteiger partial charge in [-0.2, -0.15) is 0 Å². The fraction of sp³-hybridized carbons (Fsp3) is 0.308. The molecule has 1 unspecified atom stereocenters. The maximum atomic E-state index is 11.3. The normalized spacial score (nSPS) is 21.9. The van der Waals surface area contributed by atoms with Crippen molar-refractivity contribution in [1.82, 2.24) is 0 Å². The number of carbonyl (C=O) groups is 1. The predicted octanol–water partition coefficient (Wildman–Crippen LogP) is 3.07. The maximum absolute atomic E-state index is 11.3. The Morgan fingerprint density at radius 2 is 1.86 bits per heavy atom. The summed E-state index contributed by atoms with van der Waals surface area (Å²) in [6, 6.07) is 10.3. The third-order valence-corrected chi connectivity index (χ3v) is 2.74. The van der Waals surface area contributed by atoms with Crippen LogP contribution in [0.1, 0.15) is 25.3 Å². The van der Waals surface area contributed by atoms with Crippen LogP contribution in [-0.4, -0.2) is 5.78 Å². The Morgan fingerprint density at radius 1 is 1.14 bits per heavy atom. The average Bonchev–Trinajstić information content (AvgIpc) is 2.23. The van der Waals surface area contributed by atoms with Crippen LogP contribution in [0.15, 0.2) is 36.4 Å². The molecule has 0 fully saturated rings. The molecule has 0 saturated heterocycles. The first-order valence-electron chi connectivity index (χ1n) is 5.06. The number of ketones is 1. The van der Waals surface area contributed by atoms with Gasteiger partial charge >= 0.3 is 0 Å². The molecule has 0 aromatic heterocycles. The van der Waals surface area contributed by atoms with E-state index in [-0.39, 0.29) is 5.92 Å². The zero-order chi connectivity index (χ0) is 9.97. The zero-order valence-electron chi connectivity index (χ0n) is 8.36. The summed E-state index contributed by atoms with van der Waals surface area (Å²) in [5.74, 6) is 0.462. The van der Waals surface area contributed by atoms with Crippen molar-refractivity contribution in [3.8, 4) is 0 Å². The van der Waals surface area contributed by atoms with Gasteiger partial charge in [0.25, 0.3) is 0 Å². The number of carbonyl (C=O) groups excluding carboxylic acids is 1. The van der Waals surface area contributed by atoms with Crippen LogP contribution in [-0.2, 0) is 4.79 Å². The number of benzene rings is 1. The monoisotopic (exact) mass is 186 g/mol. The fourth-order valence-corrected chi connectivity index (χ4v) is 1.86. The molecule has 1 heteroatoms. The molecule has 0 bridgehead atoms. The molecule has 72 valence electrons. The van der Waals surface area contributed by atoms with Crippen LogP contribution in [0, 0.1) is 5.92 Å². The summed E-state index contributed by atoms with van der Waals surface area (Å²) in [5, 5.41) is 0. The lowest BCUT2D eigenvalue weighted by Crippen LogP contribution is -2.13. The Labute approximate surface area is 84.5 Å². The minimum absolute atomic E-state index is 0.0963. The van der Waals surface area contributed by atoms with Crippen molar-refractivity contribution in [2.45, 2.75) is 19.8 Å². The van der Waals surface area contributed by atoms with Gasteiger partial charge in [0, 0.05) is 12.3 Å². The molecule has 14 heavy (non-hydrogen) atoms. The standard InChI is InChI=1S/C13H14O/c1-10-9-12(7-8-13(10)14)11-5-3-2-4-6-11/h2-6,9-10H,7-8H2,1H3. The lowest BCUT2D eigenvalue weighted by molar-refractivity contribution is -0.121.